The van der Waals surface area contributed by atoms with Gasteiger partial charge in [0.2, 0.25) is 0 Å². The first kappa shape index (κ1) is 20.2. The molecule has 0 radical (unpaired) electrons. The predicted molar refractivity (Wildman–Crippen MR) is 135 cm³/mol. The summed E-state index contributed by atoms with van der Waals surface area (Å²) in [6.07, 6.45) is 7.68. The van der Waals surface area contributed by atoms with Crippen LogP contribution in [0.2, 0.25) is 0 Å². The number of allylic oxidation sites excluding steroid dienone is 2. The normalized spacial score (nSPS) is 11.9. The average Bonchev–Trinajstić information content (AvgIpc) is 3.50. The van der Waals surface area contributed by atoms with E-state index in [0.29, 0.717) is 0 Å². The maximum absolute atomic E-state index is 4.65. The third-order valence-electron chi connectivity index (χ3n) is 5.76. The molecule has 0 unspecified atom stereocenters. The molecule has 0 spiro atoms. The fourth-order valence-electron chi connectivity index (χ4n) is 4.12. The van der Waals surface area contributed by atoms with E-state index in [0.717, 1.165) is 44.7 Å². The van der Waals surface area contributed by atoms with Gasteiger partial charge < -0.3 is 4.98 Å². The minimum Gasteiger partial charge on any atom is -0.357 e. The van der Waals surface area contributed by atoms with Crippen molar-refractivity contribution in [3.05, 3.63) is 100 Å². The fraction of sp³-hybridized carbons (Fsp3) is 0.111. The molecule has 0 bridgehead atoms. The second-order valence-electron chi connectivity index (χ2n) is 7.97. The Morgan fingerprint density at radius 1 is 1.06 bits per heavy atom. The van der Waals surface area contributed by atoms with Crippen molar-refractivity contribution in [1.29, 1.82) is 0 Å². The van der Waals surface area contributed by atoms with Crippen molar-refractivity contribution in [2.24, 2.45) is 0 Å². The lowest BCUT2D eigenvalue weighted by Gasteiger charge is -2.05. The molecule has 5 aromatic rings. The Kier molecular flexibility index (Phi) is 5.11. The third-order valence-corrected chi connectivity index (χ3v) is 6.80. The molecule has 32 heavy (non-hydrogen) atoms. The highest BCUT2D eigenvalue weighted by atomic mass is 32.1. The number of H-pyrrole nitrogens is 2. The number of benzene rings is 1. The van der Waals surface area contributed by atoms with Gasteiger partial charge in [0, 0.05) is 49.9 Å². The number of fused-ring (bicyclic) bond motifs is 1. The summed E-state index contributed by atoms with van der Waals surface area (Å²) in [5, 5.41) is 8.92. The van der Waals surface area contributed by atoms with Crippen LogP contribution in [0.3, 0.4) is 0 Å². The van der Waals surface area contributed by atoms with Crippen molar-refractivity contribution in [3.8, 4) is 22.5 Å². The summed E-state index contributed by atoms with van der Waals surface area (Å²) in [7, 11) is 0. The molecular formula is C27H24N4S. The zero-order valence-electron chi connectivity index (χ0n) is 18.4. The minimum atomic E-state index is 0.915. The van der Waals surface area contributed by atoms with E-state index in [4.69, 9.17) is 0 Å². The number of aromatic amines is 2. The zero-order valence-corrected chi connectivity index (χ0v) is 19.2. The quantitative estimate of drug-likeness (QED) is 0.286. The number of rotatable bonds is 5. The Morgan fingerprint density at radius 3 is 2.69 bits per heavy atom. The van der Waals surface area contributed by atoms with Gasteiger partial charge in [-0.15, -0.1) is 11.3 Å². The first-order chi connectivity index (χ1) is 15.5. The monoisotopic (exact) mass is 436 g/mol. The molecule has 4 aromatic heterocycles. The lowest BCUT2D eigenvalue weighted by atomic mass is 10.00. The van der Waals surface area contributed by atoms with E-state index >= 15 is 0 Å². The van der Waals surface area contributed by atoms with Gasteiger partial charge in [-0.25, -0.2) is 0 Å². The molecule has 5 heteroatoms. The third kappa shape index (κ3) is 3.51. The number of nitrogens with one attached hydrogen (secondary N) is 2. The molecule has 4 heterocycles. The molecule has 2 N–H and O–H groups in total. The highest BCUT2D eigenvalue weighted by Gasteiger charge is 2.17. The average molecular weight is 437 g/mol. The molecule has 0 aliphatic heterocycles. The van der Waals surface area contributed by atoms with E-state index < -0.39 is 0 Å². The second kappa shape index (κ2) is 8.09. The Morgan fingerprint density at radius 2 is 1.94 bits per heavy atom. The number of thiophene rings is 1. The maximum Gasteiger partial charge on any atom is 0.116 e. The fourth-order valence-corrected chi connectivity index (χ4v) is 5.03. The number of pyridine rings is 1. The van der Waals surface area contributed by atoms with Gasteiger partial charge in [-0.1, -0.05) is 24.8 Å². The van der Waals surface area contributed by atoms with Crippen LogP contribution in [-0.4, -0.2) is 20.2 Å². The van der Waals surface area contributed by atoms with Crippen molar-refractivity contribution in [2.75, 3.05) is 0 Å². The Hall–Kier alpha value is -3.70. The first-order valence-electron chi connectivity index (χ1n) is 10.5. The number of aromatic nitrogens is 4. The van der Waals surface area contributed by atoms with E-state index in [1.807, 2.05) is 24.5 Å². The molecule has 0 atom stereocenters. The van der Waals surface area contributed by atoms with Gasteiger partial charge in [0.15, 0.2) is 0 Å². The maximum atomic E-state index is 4.65. The van der Waals surface area contributed by atoms with Crippen molar-refractivity contribution in [1.82, 2.24) is 20.2 Å². The second-order valence-corrected chi connectivity index (χ2v) is 9.26. The lowest BCUT2D eigenvalue weighted by Crippen LogP contribution is -1.85. The topological polar surface area (TPSA) is 57.4 Å². The summed E-state index contributed by atoms with van der Waals surface area (Å²) < 4.78 is 0. The summed E-state index contributed by atoms with van der Waals surface area (Å²) in [6.45, 7) is 10.3. The van der Waals surface area contributed by atoms with Crippen LogP contribution in [0.25, 0.3) is 39.0 Å². The van der Waals surface area contributed by atoms with Crippen molar-refractivity contribution in [2.45, 2.75) is 20.8 Å². The van der Waals surface area contributed by atoms with Gasteiger partial charge in [-0.2, -0.15) is 5.10 Å². The molecule has 5 rings (SSSR count). The summed E-state index contributed by atoms with van der Waals surface area (Å²) in [5.74, 6) is 0. The standard InChI is InChI=1S/C27H24N4S/c1-5-6-20(26-10-7-17(3)32-26)21-14-25(29-18(21)4)27-22-13-19(8-9-24(22)30-31-27)23-15-28-12-11-16(23)2/h5-15,29H,1H2,2-4H3,(H,30,31)/b20-6+. The molecular weight excluding hydrogens is 412 g/mol. The number of nitrogens with zero attached hydrogens (tertiary/aromatic N) is 2. The van der Waals surface area contributed by atoms with Gasteiger partial charge in [0.1, 0.15) is 5.69 Å². The summed E-state index contributed by atoms with van der Waals surface area (Å²) >= 11 is 1.79. The first-order valence-corrected chi connectivity index (χ1v) is 11.4. The summed E-state index contributed by atoms with van der Waals surface area (Å²) in [4.78, 5) is 10.4. The highest BCUT2D eigenvalue weighted by molar-refractivity contribution is 7.13. The van der Waals surface area contributed by atoms with Crippen molar-refractivity contribution >= 4 is 27.8 Å². The van der Waals surface area contributed by atoms with Gasteiger partial charge in [-0.3, -0.25) is 10.1 Å². The van der Waals surface area contributed by atoms with Crippen LogP contribution in [0.15, 0.2) is 73.6 Å². The Labute approximate surface area is 191 Å². The lowest BCUT2D eigenvalue weighted by molar-refractivity contribution is 1.11. The van der Waals surface area contributed by atoms with E-state index in [1.54, 1.807) is 11.3 Å². The highest BCUT2D eigenvalue weighted by Crippen LogP contribution is 2.36. The van der Waals surface area contributed by atoms with Gasteiger partial charge in [-0.05, 0) is 68.3 Å². The van der Waals surface area contributed by atoms with Crippen molar-refractivity contribution in [3.63, 3.8) is 0 Å². The molecule has 4 nitrogen and oxygen atoms in total. The van der Waals surface area contributed by atoms with Gasteiger partial charge in [0.25, 0.3) is 0 Å². The van der Waals surface area contributed by atoms with Crippen molar-refractivity contribution < 1.29 is 0 Å². The van der Waals surface area contributed by atoms with Crippen LogP contribution in [0.4, 0.5) is 0 Å². The Bertz CT molecular complexity index is 1480. The van der Waals surface area contributed by atoms with E-state index in [2.05, 4.69) is 90.0 Å². The van der Waals surface area contributed by atoms with Crippen LogP contribution in [0.1, 0.15) is 26.6 Å². The largest absolute Gasteiger partial charge is 0.357 e. The van der Waals surface area contributed by atoms with Crippen LogP contribution < -0.4 is 0 Å². The summed E-state index contributed by atoms with van der Waals surface area (Å²) in [5.41, 5.74) is 9.83. The predicted octanol–water partition coefficient (Wildman–Crippen LogP) is 7.22. The molecule has 0 fully saturated rings. The number of hydrogen-bond acceptors (Lipinski definition) is 3. The van der Waals surface area contributed by atoms with E-state index in [-0.39, 0.29) is 0 Å². The van der Waals surface area contributed by atoms with E-state index in [9.17, 15) is 0 Å². The molecule has 1 aromatic carbocycles. The molecule has 158 valence electrons. The smallest absolute Gasteiger partial charge is 0.116 e. The molecule has 0 saturated carbocycles. The molecule has 0 saturated heterocycles. The van der Waals surface area contributed by atoms with Crippen LogP contribution >= 0.6 is 11.3 Å². The SMILES string of the molecule is C=C/C=C(/c1ccc(C)s1)c1cc(-c2n[nH]c3ccc(-c4cnccc4C)cc23)[nH]c1C. The van der Waals surface area contributed by atoms with Gasteiger partial charge in [0.05, 0.1) is 11.2 Å². The Balaban J connectivity index is 1.62. The molecule has 0 aliphatic rings. The minimum absolute atomic E-state index is 0.915. The number of hydrogen-bond donors (Lipinski definition) is 2. The molecule has 0 aliphatic carbocycles. The van der Waals surface area contributed by atoms with Crippen LogP contribution in [0.5, 0.6) is 0 Å². The summed E-state index contributed by atoms with van der Waals surface area (Å²) in [6, 6.07) is 15.0. The molecule has 0 amide bonds. The van der Waals surface area contributed by atoms with Gasteiger partial charge >= 0.3 is 0 Å². The van der Waals surface area contributed by atoms with E-state index in [1.165, 1.54) is 20.9 Å². The zero-order chi connectivity index (χ0) is 22.2. The number of aryl methyl sites for hydroxylation is 3. The van der Waals surface area contributed by atoms with Crippen LogP contribution in [0, 0.1) is 20.8 Å². The van der Waals surface area contributed by atoms with Crippen LogP contribution in [-0.2, 0) is 0 Å².